The van der Waals surface area contributed by atoms with Crippen molar-refractivity contribution in [2.24, 2.45) is 0 Å². The summed E-state index contributed by atoms with van der Waals surface area (Å²) in [6.45, 7) is -0.413. The van der Waals surface area contributed by atoms with Crippen molar-refractivity contribution in [1.29, 1.82) is 0 Å². The molecule has 1 aromatic heterocycles. The van der Waals surface area contributed by atoms with Gasteiger partial charge < -0.3 is 15.1 Å². The lowest BCUT2D eigenvalue weighted by atomic mass is 10.2. The molecule has 0 aliphatic heterocycles. The van der Waals surface area contributed by atoms with Crippen LogP contribution in [0.3, 0.4) is 0 Å². The summed E-state index contributed by atoms with van der Waals surface area (Å²) in [6.07, 6.45) is 4.42. The number of carbonyl (C=O) groups excluding carboxylic acids is 2. The van der Waals surface area contributed by atoms with Crippen molar-refractivity contribution < 1.29 is 19.8 Å². The van der Waals surface area contributed by atoms with E-state index in [1.165, 1.54) is 17.2 Å². The van der Waals surface area contributed by atoms with Gasteiger partial charge in [-0.1, -0.05) is 6.07 Å². The number of aliphatic hydroxyl groups is 2. The highest BCUT2D eigenvalue weighted by Crippen LogP contribution is 2.06. The predicted octanol–water partition coefficient (Wildman–Crippen LogP) is -0.612. The number of hydrogen-bond donors (Lipinski definition) is 2. The zero-order valence-corrected chi connectivity index (χ0v) is 10.3. The maximum atomic E-state index is 12.0. The van der Waals surface area contributed by atoms with Crippen LogP contribution in [0, 0.1) is 0 Å². The summed E-state index contributed by atoms with van der Waals surface area (Å²) in [7, 11) is 0. The largest absolute Gasteiger partial charge is 0.395 e. The summed E-state index contributed by atoms with van der Waals surface area (Å²) in [6, 6.07) is 5.09. The van der Waals surface area contributed by atoms with Crippen LogP contribution in [0.1, 0.15) is 5.69 Å². The Hall–Kier alpha value is -2.05. The van der Waals surface area contributed by atoms with Crippen LogP contribution < -0.4 is 0 Å². The standard InChI is InChI=1S/C13H15N2O4/c16-7-5-15(6-8-17)13(19)11(10-18)9-12-3-1-2-4-14-12/h1-4,9,16-17H,5-8H2. The fourth-order valence-corrected chi connectivity index (χ4v) is 1.47. The van der Waals surface area contributed by atoms with Crippen LogP contribution >= 0.6 is 0 Å². The van der Waals surface area contributed by atoms with Gasteiger partial charge in [-0.05, 0) is 18.2 Å². The molecule has 1 rings (SSSR count). The molecule has 19 heavy (non-hydrogen) atoms. The Morgan fingerprint density at radius 3 is 2.47 bits per heavy atom. The third-order valence-electron chi connectivity index (χ3n) is 2.35. The van der Waals surface area contributed by atoms with Gasteiger partial charge in [-0.15, -0.1) is 0 Å². The van der Waals surface area contributed by atoms with Crippen LogP contribution in [0.4, 0.5) is 0 Å². The minimum Gasteiger partial charge on any atom is -0.395 e. The average Bonchev–Trinajstić information content (AvgIpc) is 2.45. The molecule has 1 heterocycles. The van der Waals surface area contributed by atoms with Gasteiger partial charge in [0.15, 0.2) is 0 Å². The minimum absolute atomic E-state index is 0.0423. The molecule has 0 aliphatic rings. The molecule has 0 atom stereocenters. The number of hydrogen-bond acceptors (Lipinski definition) is 5. The van der Waals surface area contributed by atoms with E-state index in [0.29, 0.717) is 5.69 Å². The molecule has 1 radical (unpaired) electrons. The molecule has 2 N–H and O–H groups in total. The van der Waals surface area contributed by atoms with Gasteiger partial charge in [-0.3, -0.25) is 14.6 Å². The number of aliphatic hydroxyl groups excluding tert-OH is 2. The first-order valence-corrected chi connectivity index (χ1v) is 5.74. The Morgan fingerprint density at radius 2 is 2.00 bits per heavy atom. The molecule has 6 heteroatoms. The van der Waals surface area contributed by atoms with Crippen molar-refractivity contribution in [3.63, 3.8) is 0 Å². The summed E-state index contributed by atoms with van der Waals surface area (Å²) in [5.41, 5.74) is 0.266. The van der Waals surface area contributed by atoms with Gasteiger partial charge in [-0.25, -0.2) is 0 Å². The molecule has 1 aromatic rings. The van der Waals surface area contributed by atoms with E-state index >= 15 is 0 Å². The summed E-state index contributed by atoms with van der Waals surface area (Å²) in [4.78, 5) is 28.0. The number of pyridine rings is 1. The topological polar surface area (TPSA) is 90.7 Å². The third kappa shape index (κ3) is 4.61. The van der Waals surface area contributed by atoms with E-state index in [-0.39, 0.29) is 31.9 Å². The number of rotatable bonds is 7. The molecule has 0 saturated heterocycles. The SMILES string of the molecule is O=[C]C(=Cc1ccccn1)C(=O)N(CCO)CCO. The zero-order valence-electron chi connectivity index (χ0n) is 10.3. The quantitative estimate of drug-likeness (QED) is 0.389. The van der Waals surface area contributed by atoms with Crippen LogP contribution in [0.15, 0.2) is 30.0 Å². The molecular weight excluding hydrogens is 248 g/mol. The van der Waals surface area contributed by atoms with Gasteiger partial charge in [-0.2, -0.15) is 0 Å². The van der Waals surface area contributed by atoms with Crippen molar-refractivity contribution in [2.45, 2.75) is 0 Å². The molecular formula is C13H15N2O4. The van der Waals surface area contributed by atoms with Crippen LogP contribution in [-0.2, 0) is 9.59 Å². The van der Waals surface area contributed by atoms with Gasteiger partial charge >= 0.3 is 0 Å². The zero-order chi connectivity index (χ0) is 14.1. The lowest BCUT2D eigenvalue weighted by Crippen LogP contribution is -2.37. The highest BCUT2D eigenvalue weighted by Gasteiger charge is 2.17. The Kier molecular flexibility index (Phi) is 6.42. The van der Waals surface area contributed by atoms with Gasteiger partial charge in [0.05, 0.1) is 24.5 Å². The van der Waals surface area contributed by atoms with E-state index in [4.69, 9.17) is 10.2 Å². The first-order valence-electron chi connectivity index (χ1n) is 5.74. The summed E-state index contributed by atoms with van der Waals surface area (Å²) in [5, 5.41) is 17.7. The number of aromatic nitrogens is 1. The summed E-state index contributed by atoms with van der Waals surface area (Å²) < 4.78 is 0. The van der Waals surface area contributed by atoms with Crippen molar-refractivity contribution in [3.8, 4) is 0 Å². The van der Waals surface area contributed by atoms with Crippen molar-refractivity contribution in [3.05, 3.63) is 35.7 Å². The predicted molar refractivity (Wildman–Crippen MR) is 68.7 cm³/mol. The van der Waals surface area contributed by atoms with E-state index in [9.17, 15) is 9.59 Å². The van der Waals surface area contributed by atoms with Gasteiger partial charge in [0.2, 0.25) is 6.29 Å². The van der Waals surface area contributed by atoms with E-state index in [2.05, 4.69) is 4.98 Å². The fraction of sp³-hybridized carbons (Fsp3) is 0.308. The van der Waals surface area contributed by atoms with Gasteiger partial charge in [0, 0.05) is 19.3 Å². The van der Waals surface area contributed by atoms with Crippen molar-refractivity contribution >= 4 is 18.3 Å². The Bertz CT molecular complexity index is 439. The van der Waals surface area contributed by atoms with Crippen LogP contribution in [-0.4, -0.2) is 58.6 Å². The molecule has 0 aliphatic carbocycles. The van der Waals surface area contributed by atoms with Crippen molar-refractivity contribution in [2.75, 3.05) is 26.3 Å². The maximum absolute atomic E-state index is 12.0. The van der Waals surface area contributed by atoms with Crippen LogP contribution in [0.25, 0.3) is 6.08 Å². The monoisotopic (exact) mass is 263 g/mol. The van der Waals surface area contributed by atoms with Crippen LogP contribution in [0.5, 0.6) is 0 Å². The first-order chi connectivity index (χ1) is 9.22. The van der Waals surface area contributed by atoms with E-state index < -0.39 is 5.91 Å². The Labute approximate surface area is 111 Å². The molecule has 0 spiro atoms. The van der Waals surface area contributed by atoms with Gasteiger partial charge in [0.1, 0.15) is 0 Å². The molecule has 0 fully saturated rings. The average molecular weight is 263 g/mol. The lowest BCUT2D eigenvalue weighted by Gasteiger charge is -2.20. The number of carbonyl (C=O) groups is 1. The highest BCUT2D eigenvalue weighted by atomic mass is 16.3. The lowest BCUT2D eigenvalue weighted by molar-refractivity contribution is -0.127. The molecule has 0 saturated carbocycles. The second kappa shape index (κ2) is 8.12. The Morgan fingerprint density at radius 1 is 1.32 bits per heavy atom. The van der Waals surface area contributed by atoms with Crippen LogP contribution in [0.2, 0.25) is 0 Å². The molecule has 0 bridgehead atoms. The van der Waals surface area contributed by atoms with Gasteiger partial charge in [0.25, 0.3) is 5.91 Å². The van der Waals surface area contributed by atoms with E-state index in [1.54, 1.807) is 24.5 Å². The second-order valence-corrected chi connectivity index (χ2v) is 3.65. The minimum atomic E-state index is -0.594. The normalized spacial score (nSPS) is 11.2. The Balaban J connectivity index is 2.92. The maximum Gasteiger partial charge on any atom is 0.258 e. The molecule has 0 unspecified atom stereocenters. The molecule has 6 nitrogen and oxygen atoms in total. The smallest absolute Gasteiger partial charge is 0.258 e. The molecule has 1 amide bonds. The van der Waals surface area contributed by atoms with Crippen molar-refractivity contribution in [1.82, 2.24) is 9.88 Å². The first kappa shape index (κ1) is 15.0. The summed E-state index contributed by atoms with van der Waals surface area (Å²) >= 11 is 0. The third-order valence-corrected chi connectivity index (χ3v) is 2.35. The number of nitrogens with zero attached hydrogens (tertiary/aromatic N) is 2. The van der Waals surface area contributed by atoms with E-state index in [0.717, 1.165) is 0 Å². The highest BCUT2D eigenvalue weighted by molar-refractivity contribution is 6.14. The van der Waals surface area contributed by atoms with E-state index in [1.807, 2.05) is 0 Å². The summed E-state index contributed by atoms with van der Waals surface area (Å²) in [5.74, 6) is -0.594. The molecule has 0 aromatic carbocycles. The number of amides is 1. The fourth-order valence-electron chi connectivity index (χ4n) is 1.47. The second-order valence-electron chi connectivity index (χ2n) is 3.65. The molecule has 101 valence electrons.